The van der Waals surface area contributed by atoms with Gasteiger partial charge in [0, 0.05) is 0 Å². The zero-order valence-electron chi connectivity index (χ0n) is 7.16. The number of aliphatic hydroxyl groups is 1. The molecule has 64 valence electrons. The van der Waals surface area contributed by atoms with Gasteiger partial charge in [-0.2, -0.15) is 0 Å². The van der Waals surface area contributed by atoms with Crippen molar-refractivity contribution in [1.29, 1.82) is 0 Å². The minimum absolute atomic E-state index is 0.311. The van der Waals surface area contributed by atoms with Crippen molar-refractivity contribution >= 4 is 0 Å². The van der Waals surface area contributed by atoms with Crippen LogP contribution in [0.5, 0.6) is 0 Å². The lowest BCUT2D eigenvalue weighted by Crippen LogP contribution is -2.01. The molecule has 0 saturated heterocycles. The summed E-state index contributed by atoms with van der Waals surface area (Å²) in [6.07, 6.45) is 8.73. The molecule has 0 aromatic rings. The topological polar surface area (TPSA) is 20.2 Å². The van der Waals surface area contributed by atoms with Gasteiger partial charge in [0.2, 0.25) is 0 Å². The molecule has 1 aliphatic rings. The van der Waals surface area contributed by atoms with Crippen molar-refractivity contribution in [3.8, 4) is 0 Å². The minimum Gasteiger partial charge on any atom is -0.388 e. The van der Waals surface area contributed by atoms with E-state index in [1.165, 1.54) is 5.57 Å². The number of hydrogen-bond acceptors (Lipinski definition) is 1. The highest BCUT2D eigenvalue weighted by Crippen LogP contribution is 2.30. The zero-order valence-corrected chi connectivity index (χ0v) is 7.16. The van der Waals surface area contributed by atoms with Gasteiger partial charge >= 0.3 is 0 Å². The summed E-state index contributed by atoms with van der Waals surface area (Å²) >= 11 is 0. The van der Waals surface area contributed by atoms with Crippen LogP contribution in [0.4, 0.5) is 0 Å². The van der Waals surface area contributed by atoms with E-state index in [-0.39, 0.29) is 6.10 Å². The Morgan fingerprint density at radius 3 is 2.50 bits per heavy atom. The fourth-order valence-corrected chi connectivity index (χ4v) is 1.47. The van der Waals surface area contributed by atoms with Crippen LogP contribution in [0, 0.1) is 0 Å². The average molecular weight is 162 g/mol. The normalized spacial score (nSPS) is 29.6. The average Bonchev–Trinajstić information content (AvgIpc) is 2.37. The quantitative estimate of drug-likeness (QED) is 0.661. The van der Waals surface area contributed by atoms with E-state index in [4.69, 9.17) is 0 Å². The fourth-order valence-electron chi connectivity index (χ4n) is 1.47. The highest BCUT2D eigenvalue weighted by Gasteiger charge is 2.21. The van der Waals surface area contributed by atoms with Gasteiger partial charge in [-0.05, 0) is 24.0 Å². The van der Waals surface area contributed by atoms with Crippen LogP contribution in [0.2, 0.25) is 0 Å². The molecule has 1 unspecified atom stereocenters. The first-order valence-corrected chi connectivity index (χ1v) is 4.12. The first-order chi connectivity index (χ1) is 5.79. The summed E-state index contributed by atoms with van der Waals surface area (Å²) in [7, 11) is 0. The van der Waals surface area contributed by atoms with Gasteiger partial charge in [-0.1, -0.05) is 37.5 Å². The molecular weight excluding hydrogens is 148 g/mol. The van der Waals surface area contributed by atoms with Crippen LogP contribution in [-0.2, 0) is 0 Å². The van der Waals surface area contributed by atoms with Crippen LogP contribution >= 0.6 is 0 Å². The van der Waals surface area contributed by atoms with Gasteiger partial charge in [0.25, 0.3) is 0 Å². The smallest absolute Gasteiger partial charge is 0.0795 e. The molecule has 0 radical (unpaired) electrons. The van der Waals surface area contributed by atoms with Crippen molar-refractivity contribution in [3.05, 3.63) is 48.6 Å². The van der Waals surface area contributed by atoms with Crippen molar-refractivity contribution in [1.82, 2.24) is 0 Å². The maximum Gasteiger partial charge on any atom is 0.0795 e. The molecule has 1 heteroatoms. The third kappa shape index (κ3) is 1.74. The Balaban J connectivity index is 2.91. The third-order valence-electron chi connectivity index (χ3n) is 2.03. The van der Waals surface area contributed by atoms with E-state index in [9.17, 15) is 5.11 Å². The molecule has 1 atom stereocenters. The van der Waals surface area contributed by atoms with Crippen molar-refractivity contribution < 1.29 is 5.11 Å². The van der Waals surface area contributed by atoms with Crippen molar-refractivity contribution in [2.45, 2.75) is 18.9 Å². The Morgan fingerprint density at radius 2 is 1.92 bits per heavy atom. The predicted molar refractivity (Wildman–Crippen MR) is 51.8 cm³/mol. The van der Waals surface area contributed by atoms with E-state index in [2.05, 4.69) is 13.2 Å². The van der Waals surface area contributed by atoms with Gasteiger partial charge in [-0.15, -0.1) is 0 Å². The maximum atomic E-state index is 9.53. The van der Waals surface area contributed by atoms with Crippen LogP contribution < -0.4 is 0 Å². The molecule has 12 heavy (non-hydrogen) atoms. The molecule has 0 amide bonds. The Bertz CT molecular complexity index is 246. The standard InChI is InChI=1S/C11H14O/c1-3-5-9-7-8-11(12)10(9)6-4-2/h3-6,11-12H,1-2,7-8H2/b9-5-,10-6+. The molecule has 1 N–H and O–H groups in total. The number of aliphatic hydroxyl groups excluding tert-OH is 1. The lowest BCUT2D eigenvalue weighted by Gasteiger charge is -2.02. The number of hydrogen-bond donors (Lipinski definition) is 1. The van der Waals surface area contributed by atoms with E-state index < -0.39 is 0 Å². The summed E-state index contributed by atoms with van der Waals surface area (Å²) in [5.74, 6) is 0. The molecule has 0 aromatic carbocycles. The Hall–Kier alpha value is -1.08. The van der Waals surface area contributed by atoms with Crippen LogP contribution in [0.3, 0.4) is 0 Å². The second-order valence-electron chi connectivity index (χ2n) is 2.84. The molecule has 1 fully saturated rings. The summed E-state index contributed by atoms with van der Waals surface area (Å²) in [5.41, 5.74) is 2.17. The summed E-state index contributed by atoms with van der Waals surface area (Å²) < 4.78 is 0. The van der Waals surface area contributed by atoms with Gasteiger partial charge in [-0.3, -0.25) is 0 Å². The van der Waals surface area contributed by atoms with Gasteiger partial charge in [0.05, 0.1) is 6.10 Å². The summed E-state index contributed by atoms with van der Waals surface area (Å²) in [6, 6.07) is 0. The first-order valence-electron chi connectivity index (χ1n) is 4.12. The second kappa shape index (κ2) is 4.07. The summed E-state index contributed by atoms with van der Waals surface area (Å²) in [6.45, 7) is 7.25. The second-order valence-corrected chi connectivity index (χ2v) is 2.84. The van der Waals surface area contributed by atoms with Gasteiger partial charge in [0.15, 0.2) is 0 Å². The van der Waals surface area contributed by atoms with Crippen molar-refractivity contribution in [3.63, 3.8) is 0 Å². The SMILES string of the molecule is C=C/C=C1/CCC(O)/C1=C/C=C. The van der Waals surface area contributed by atoms with E-state index in [1.807, 2.05) is 12.2 Å². The van der Waals surface area contributed by atoms with Gasteiger partial charge < -0.3 is 5.11 Å². The lowest BCUT2D eigenvalue weighted by molar-refractivity contribution is 0.218. The molecule has 1 saturated carbocycles. The molecule has 0 spiro atoms. The van der Waals surface area contributed by atoms with E-state index in [0.717, 1.165) is 18.4 Å². The summed E-state index contributed by atoms with van der Waals surface area (Å²) in [5, 5.41) is 9.53. The Morgan fingerprint density at radius 1 is 1.25 bits per heavy atom. The maximum absolute atomic E-state index is 9.53. The Kier molecular flexibility index (Phi) is 3.06. The van der Waals surface area contributed by atoms with Crippen LogP contribution in [-0.4, -0.2) is 11.2 Å². The summed E-state index contributed by atoms with van der Waals surface area (Å²) in [4.78, 5) is 0. The molecule has 0 aliphatic heterocycles. The number of rotatable bonds is 2. The molecular formula is C11H14O. The van der Waals surface area contributed by atoms with E-state index in [0.29, 0.717) is 0 Å². The molecule has 1 aliphatic carbocycles. The lowest BCUT2D eigenvalue weighted by atomic mass is 10.1. The monoisotopic (exact) mass is 162 g/mol. The molecule has 1 nitrogen and oxygen atoms in total. The van der Waals surface area contributed by atoms with Gasteiger partial charge in [0.1, 0.15) is 0 Å². The van der Waals surface area contributed by atoms with E-state index >= 15 is 0 Å². The zero-order chi connectivity index (χ0) is 8.97. The highest BCUT2D eigenvalue weighted by atomic mass is 16.3. The molecule has 1 rings (SSSR count). The first kappa shape index (κ1) is 9.01. The van der Waals surface area contributed by atoms with Crippen molar-refractivity contribution in [2.75, 3.05) is 0 Å². The Labute approximate surface area is 73.4 Å². The van der Waals surface area contributed by atoms with Crippen molar-refractivity contribution in [2.24, 2.45) is 0 Å². The van der Waals surface area contributed by atoms with Crippen LogP contribution in [0.15, 0.2) is 48.6 Å². The fraction of sp³-hybridized carbons (Fsp3) is 0.273. The molecule has 0 aromatic heterocycles. The molecule has 0 heterocycles. The van der Waals surface area contributed by atoms with Crippen LogP contribution in [0.1, 0.15) is 12.8 Å². The van der Waals surface area contributed by atoms with Gasteiger partial charge in [-0.25, -0.2) is 0 Å². The molecule has 0 bridgehead atoms. The van der Waals surface area contributed by atoms with Crippen LogP contribution in [0.25, 0.3) is 0 Å². The van der Waals surface area contributed by atoms with E-state index in [1.54, 1.807) is 12.2 Å². The third-order valence-corrected chi connectivity index (χ3v) is 2.03. The minimum atomic E-state index is -0.311. The number of allylic oxidation sites excluding steroid dienone is 4. The largest absolute Gasteiger partial charge is 0.388 e. The highest BCUT2D eigenvalue weighted by molar-refractivity contribution is 5.41. The predicted octanol–water partition coefficient (Wildman–Crippen LogP) is 2.37.